The number of ether oxygens (including phenoxy) is 1. The number of hydrogen-bond donors (Lipinski definition) is 1. The van der Waals surface area contributed by atoms with Crippen molar-refractivity contribution in [1.82, 2.24) is 14.8 Å². The number of nitrogens with one attached hydrogen (secondary N) is 1. The minimum atomic E-state index is -0.336. The number of thioether (sulfide) groups is 1. The zero-order valence-corrected chi connectivity index (χ0v) is 11.9. The Labute approximate surface area is 110 Å². The number of rotatable bonds is 6. The lowest BCUT2D eigenvalue weighted by Crippen LogP contribution is -2.23. The average Bonchev–Trinajstić information content (AvgIpc) is 2.67. The third-order valence-corrected chi connectivity index (χ3v) is 3.67. The molecule has 0 saturated carbocycles. The van der Waals surface area contributed by atoms with Crippen LogP contribution in [0.2, 0.25) is 0 Å². The quantitative estimate of drug-likeness (QED) is 0.629. The van der Waals surface area contributed by atoms with Gasteiger partial charge in [0.05, 0.1) is 6.61 Å². The van der Waals surface area contributed by atoms with Crippen molar-refractivity contribution in [3.8, 4) is 0 Å². The van der Waals surface area contributed by atoms with Crippen LogP contribution in [0.25, 0.3) is 0 Å². The average molecular weight is 273 g/mol. The largest absolute Gasteiger partial charge is 0.465 e. The Morgan fingerprint density at radius 2 is 2.17 bits per heavy atom. The van der Waals surface area contributed by atoms with E-state index >= 15 is 0 Å². The number of aromatic nitrogens is 3. The van der Waals surface area contributed by atoms with Crippen molar-refractivity contribution < 1.29 is 9.53 Å². The lowest BCUT2D eigenvalue weighted by atomic mass is 10.3. The predicted molar refractivity (Wildman–Crippen MR) is 69.8 cm³/mol. The van der Waals surface area contributed by atoms with E-state index in [1.165, 1.54) is 16.3 Å². The van der Waals surface area contributed by atoms with Crippen LogP contribution in [0.4, 0.5) is 0 Å². The number of carbonyl (C=O) groups excluding carboxylic acids is 1. The smallest absolute Gasteiger partial charge is 0.344 e. The van der Waals surface area contributed by atoms with Gasteiger partial charge in [-0.05, 0) is 27.2 Å². The maximum absolute atomic E-state index is 11.7. The Bertz CT molecular complexity index is 453. The Hall–Kier alpha value is -1.24. The number of carbonyl (C=O) groups is 1. The van der Waals surface area contributed by atoms with Gasteiger partial charge in [-0.3, -0.25) is 9.36 Å². The van der Waals surface area contributed by atoms with Gasteiger partial charge in [-0.2, -0.15) is 0 Å². The molecule has 1 rings (SSSR count). The lowest BCUT2D eigenvalue weighted by molar-refractivity contribution is -0.142. The number of hydrogen-bond acceptors (Lipinski definition) is 5. The molecule has 0 aliphatic carbocycles. The molecular weight excluding hydrogens is 254 g/mol. The molecule has 6 nitrogen and oxygen atoms in total. The third kappa shape index (κ3) is 3.38. The first-order valence-electron chi connectivity index (χ1n) is 6.01. The Morgan fingerprint density at radius 3 is 2.67 bits per heavy atom. The molecule has 18 heavy (non-hydrogen) atoms. The van der Waals surface area contributed by atoms with Crippen LogP contribution >= 0.6 is 11.8 Å². The molecule has 1 unspecified atom stereocenters. The molecule has 0 aliphatic rings. The van der Waals surface area contributed by atoms with Crippen molar-refractivity contribution in [3.05, 3.63) is 10.5 Å². The van der Waals surface area contributed by atoms with Crippen LogP contribution in [0.1, 0.15) is 40.2 Å². The first-order valence-corrected chi connectivity index (χ1v) is 6.89. The van der Waals surface area contributed by atoms with E-state index in [1.807, 2.05) is 20.8 Å². The minimum Gasteiger partial charge on any atom is -0.465 e. The zero-order chi connectivity index (χ0) is 13.7. The summed E-state index contributed by atoms with van der Waals surface area (Å²) in [7, 11) is 0. The van der Waals surface area contributed by atoms with Gasteiger partial charge < -0.3 is 4.74 Å². The zero-order valence-electron chi connectivity index (χ0n) is 11.1. The van der Waals surface area contributed by atoms with Gasteiger partial charge in [-0.15, -0.1) is 5.10 Å². The third-order valence-electron chi connectivity index (χ3n) is 2.36. The first-order chi connectivity index (χ1) is 8.51. The van der Waals surface area contributed by atoms with Crippen LogP contribution in [0, 0.1) is 0 Å². The highest BCUT2D eigenvalue weighted by molar-refractivity contribution is 8.00. The van der Waals surface area contributed by atoms with E-state index < -0.39 is 0 Å². The summed E-state index contributed by atoms with van der Waals surface area (Å²) in [5, 5.41) is 6.54. The summed E-state index contributed by atoms with van der Waals surface area (Å²) < 4.78 is 6.52. The highest BCUT2D eigenvalue weighted by Gasteiger charge is 2.23. The second kappa shape index (κ2) is 6.63. The molecule has 1 atom stereocenters. The fourth-order valence-corrected chi connectivity index (χ4v) is 2.58. The van der Waals surface area contributed by atoms with Gasteiger partial charge in [-0.1, -0.05) is 18.7 Å². The van der Waals surface area contributed by atoms with Crippen LogP contribution in [0.3, 0.4) is 0 Å². The monoisotopic (exact) mass is 273 g/mol. The summed E-state index contributed by atoms with van der Waals surface area (Å²) in [5.41, 5.74) is -0.258. The Kier molecular flexibility index (Phi) is 5.46. The van der Waals surface area contributed by atoms with Crippen LogP contribution in [0.5, 0.6) is 0 Å². The van der Waals surface area contributed by atoms with Crippen LogP contribution < -0.4 is 5.69 Å². The van der Waals surface area contributed by atoms with Crippen molar-refractivity contribution >= 4 is 17.7 Å². The number of nitrogens with zero attached hydrogens (tertiary/aromatic N) is 2. The minimum absolute atomic E-state index is 0.00143. The fourth-order valence-electron chi connectivity index (χ4n) is 1.49. The second-order valence-corrected chi connectivity index (χ2v) is 5.21. The normalized spacial score (nSPS) is 12.7. The van der Waals surface area contributed by atoms with Crippen LogP contribution in [-0.2, 0) is 9.53 Å². The van der Waals surface area contributed by atoms with E-state index in [-0.39, 0.29) is 23.0 Å². The lowest BCUT2D eigenvalue weighted by Gasteiger charge is -2.14. The summed E-state index contributed by atoms with van der Waals surface area (Å²) in [6.07, 6.45) is 0.628. The Balaban J connectivity index is 2.89. The summed E-state index contributed by atoms with van der Waals surface area (Å²) >= 11 is 1.26. The molecule has 0 bridgehead atoms. The molecule has 0 spiro atoms. The standard InChI is InChI=1S/C11H19N3O3S/c1-5-8(9(15)17-6-2)18-11-13-12-10(16)14(11)7(3)4/h7-8H,5-6H2,1-4H3,(H,12,16). The highest BCUT2D eigenvalue weighted by atomic mass is 32.2. The number of H-pyrrole nitrogens is 1. The maximum Gasteiger partial charge on any atom is 0.344 e. The summed E-state index contributed by atoms with van der Waals surface area (Å²) in [6, 6.07) is -0.00143. The number of esters is 1. The van der Waals surface area contributed by atoms with E-state index in [4.69, 9.17) is 4.74 Å². The summed E-state index contributed by atoms with van der Waals surface area (Å²) in [4.78, 5) is 23.3. The molecule has 0 amide bonds. The second-order valence-electron chi connectivity index (χ2n) is 4.04. The van der Waals surface area contributed by atoms with Gasteiger partial charge in [0.25, 0.3) is 0 Å². The first kappa shape index (κ1) is 14.8. The molecule has 0 aliphatic heterocycles. The molecule has 0 saturated heterocycles. The summed E-state index contributed by atoms with van der Waals surface area (Å²) in [6.45, 7) is 7.82. The molecule has 0 aromatic carbocycles. The predicted octanol–water partition coefficient (Wildman–Crippen LogP) is 1.59. The van der Waals surface area contributed by atoms with Crippen molar-refractivity contribution in [1.29, 1.82) is 0 Å². The van der Waals surface area contributed by atoms with Crippen molar-refractivity contribution in [2.45, 2.75) is 50.6 Å². The van der Waals surface area contributed by atoms with Gasteiger partial charge >= 0.3 is 11.7 Å². The van der Waals surface area contributed by atoms with Crippen LogP contribution in [-0.4, -0.2) is 32.6 Å². The van der Waals surface area contributed by atoms with Crippen LogP contribution in [0.15, 0.2) is 9.95 Å². The van der Waals surface area contributed by atoms with Gasteiger partial charge in [0.2, 0.25) is 0 Å². The highest BCUT2D eigenvalue weighted by Crippen LogP contribution is 2.25. The fraction of sp³-hybridized carbons (Fsp3) is 0.727. The number of aromatic amines is 1. The molecule has 1 N–H and O–H groups in total. The molecule has 7 heteroatoms. The molecule has 0 fully saturated rings. The SMILES string of the molecule is CCOC(=O)C(CC)Sc1n[nH]c(=O)n1C(C)C. The summed E-state index contributed by atoms with van der Waals surface area (Å²) in [5.74, 6) is -0.268. The van der Waals surface area contributed by atoms with E-state index in [0.29, 0.717) is 18.2 Å². The molecular formula is C11H19N3O3S. The maximum atomic E-state index is 11.7. The Morgan fingerprint density at radius 1 is 1.50 bits per heavy atom. The van der Waals surface area contributed by atoms with Gasteiger partial charge in [0.15, 0.2) is 5.16 Å². The van der Waals surface area contributed by atoms with E-state index in [9.17, 15) is 9.59 Å². The van der Waals surface area contributed by atoms with Crippen molar-refractivity contribution in [2.24, 2.45) is 0 Å². The van der Waals surface area contributed by atoms with Gasteiger partial charge in [-0.25, -0.2) is 9.89 Å². The van der Waals surface area contributed by atoms with Gasteiger partial charge in [0.1, 0.15) is 5.25 Å². The molecule has 102 valence electrons. The van der Waals surface area contributed by atoms with Crippen molar-refractivity contribution in [2.75, 3.05) is 6.61 Å². The molecule has 1 heterocycles. The van der Waals surface area contributed by atoms with E-state index in [1.54, 1.807) is 6.92 Å². The van der Waals surface area contributed by atoms with E-state index in [0.717, 1.165) is 0 Å². The van der Waals surface area contributed by atoms with E-state index in [2.05, 4.69) is 10.2 Å². The van der Waals surface area contributed by atoms with Crippen molar-refractivity contribution in [3.63, 3.8) is 0 Å². The van der Waals surface area contributed by atoms with Gasteiger partial charge in [0, 0.05) is 6.04 Å². The molecule has 1 aromatic heterocycles. The molecule has 0 radical (unpaired) electrons. The topological polar surface area (TPSA) is 77.0 Å². The molecule has 1 aromatic rings.